The van der Waals surface area contributed by atoms with Crippen LogP contribution in [0.25, 0.3) is 10.2 Å². The molecule has 0 saturated carbocycles. The van der Waals surface area contributed by atoms with E-state index in [1.54, 1.807) is 17.7 Å². The van der Waals surface area contributed by atoms with Gasteiger partial charge in [-0.25, -0.2) is 9.97 Å². The summed E-state index contributed by atoms with van der Waals surface area (Å²) < 4.78 is 1.17. The molecule has 4 nitrogen and oxygen atoms in total. The summed E-state index contributed by atoms with van der Waals surface area (Å²) in [5, 5.41) is 2.13. The molecule has 3 rings (SSSR count). The molecular formula is C13H15N3OS. The number of hydrogen-bond donors (Lipinski definition) is 0. The first kappa shape index (κ1) is 11.6. The summed E-state index contributed by atoms with van der Waals surface area (Å²) in [5.74, 6) is 1.26. The molecular weight excluding hydrogens is 246 g/mol. The van der Waals surface area contributed by atoms with Crippen LogP contribution in [0.2, 0.25) is 0 Å². The van der Waals surface area contributed by atoms with Gasteiger partial charge in [0.05, 0.1) is 10.2 Å². The van der Waals surface area contributed by atoms with Crippen molar-refractivity contribution in [2.24, 2.45) is 5.92 Å². The Morgan fingerprint density at radius 2 is 2.17 bits per heavy atom. The fraction of sp³-hybridized carbons (Fsp3) is 0.462. The van der Waals surface area contributed by atoms with Crippen molar-refractivity contribution in [2.45, 2.75) is 19.8 Å². The lowest BCUT2D eigenvalue weighted by Crippen LogP contribution is -2.34. The quantitative estimate of drug-likeness (QED) is 0.779. The van der Waals surface area contributed by atoms with Gasteiger partial charge in [0.1, 0.15) is 18.4 Å². The van der Waals surface area contributed by atoms with Crippen molar-refractivity contribution in [3.63, 3.8) is 0 Å². The van der Waals surface area contributed by atoms with Crippen LogP contribution >= 0.6 is 11.3 Å². The minimum absolute atomic E-state index is 0.226. The minimum atomic E-state index is 0.226. The standard InChI is InChI=1S/C13H15N3OS/c1-9-7-18-12-11(9)14-8-15-13(12)16-4-2-10(6-17)3-5-16/h6-8,10H,2-5H2,1H3. The highest BCUT2D eigenvalue weighted by Crippen LogP contribution is 2.32. The van der Waals surface area contributed by atoms with Crippen LogP contribution in [0.15, 0.2) is 11.7 Å². The van der Waals surface area contributed by atoms with Gasteiger partial charge >= 0.3 is 0 Å². The monoisotopic (exact) mass is 261 g/mol. The number of aryl methyl sites for hydroxylation is 1. The van der Waals surface area contributed by atoms with E-state index in [0.29, 0.717) is 0 Å². The van der Waals surface area contributed by atoms with Gasteiger partial charge in [0.2, 0.25) is 0 Å². The SMILES string of the molecule is Cc1csc2c(N3CCC(C=O)CC3)ncnc12. The second kappa shape index (κ2) is 4.65. The Kier molecular flexibility index (Phi) is 2.99. The van der Waals surface area contributed by atoms with Crippen molar-refractivity contribution >= 4 is 33.7 Å². The molecule has 94 valence electrons. The van der Waals surface area contributed by atoms with Gasteiger partial charge in [-0.3, -0.25) is 0 Å². The van der Waals surface area contributed by atoms with E-state index >= 15 is 0 Å². The molecule has 1 saturated heterocycles. The van der Waals surface area contributed by atoms with Crippen molar-refractivity contribution < 1.29 is 4.79 Å². The number of nitrogens with zero attached hydrogens (tertiary/aromatic N) is 3. The Labute approximate surface area is 110 Å². The number of piperidine rings is 1. The molecule has 2 aromatic rings. The fourth-order valence-corrected chi connectivity index (χ4v) is 3.45. The number of aromatic nitrogens is 2. The predicted octanol–water partition coefficient (Wildman–Crippen LogP) is 2.42. The van der Waals surface area contributed by atoms with E-state index < -0.39 is 0 Å². The summed E-state index contributed by atoms with van der Waals surface area (Å²) in [7, 11) is 0. The second-order valence-corrected chi connectivity index (χ2v) is 5.63. The molecule has 2 aromatic heterocycles. The molecule has 0 radical (unpaired) electrons. The van der Waals surface area contributed by atoms with Crippen LogP contribution in [-0.4, -0.2) is 29.3 Å². The summed E-state index contributed by atoms with van der Waals surface area (Å²) in [6.45, 7) is 3.90. The molecule has 0 spiro atoms. The van der Waals surface area contributed by atoms with Gasteiger partial charge in [-0.1, -0.05) is 0 Å². The molecule has 0 atom stereocenters. The summed E-state index contributed by atoms with van der Waals surface area (Å²) in [4.78, 5) is 21.8. The molecule has 1 aliphatic rings. The van der Waals surface area contributed by atoms with E-state index in [1.165, 1.54) is 10.3 Å². The molecule has 1 fully saturated rings. The third-order valence-corrected chi connectivity index (χ3v) is 4.63. The summed E-state index contributed by atoms with van der Waals surface area (Å²) in [6.07, 6.45) is 4.59. The van der Waals surface area contributed by atoms with Crippen LogP contribution in [0.5, 0.6) is 0 Å². The average Bonchev–Trinajstić information content (AvgIpc) is 2.81. The van der Waals surface area contributed by atoms with Crippen LogP contribution in [0.4, 0.5) is 5.82 Å². The van der Waals surface area contributed by atoms with Crippen molar-refractivity contribution in [2.75, 3.05) is 18.0 Å². The molecule has 0 N–H and O–H groups in total. The minimum Gasteiger partial charge on any atom is -0.355 e. The first-order chi connectivity index (χ1) is 8.79. The smallest absolute Gasteiger partial charge is 0.150 e. The predicted molar refractivity (Wildman–Crippen MR) is 73.2 cm³/mol. The highest BCUT2D eigenvalue weighted by Gasteiger charge is 2.21. The van der Waals surface area contributed by atoms with Crippen LogP contribution < -0.4 is 4.90 Å². The molecule has 3 heterocycles. The maximum Gasteiger partial charge on any atom is 0.150 e. The highest BCUT2D eigenvalue weighted by atomic mass is 32.1. The number of thiophene rings is 1. The maximum absolute atomic E-state index is 10.8. The van der Waals surface area contributed by atoms with E-state index in [9.17, 15) is 4.79 Å². The number of fused-ring (bicyclic) bond motifs is 1. The van der Waals surface area contributed by atoms with Crippen LogP contribution in [0.3, 0.4) is 0 Å². The zero-order chi connectivity index (χ0) is 12.5. The number of anilines is 1. The number of carbonyl (C=O) groups excluding carboxylic acids is 1. The molecule has 0 aromatic carbocycles. The van der Waals surface area contributed by atoms with Crippen molar-refractivity contribution in [3.8, 4) is 0 Å². The summed E-state index contributed by atoms with van der Waals surface area (Å²) in [6, 6.07) is 0. The summed E-state index contributed by atoms with van der Waals surface area (Å²) >= 11 is 1.70. The molecule has 18 heavy (non-hydrogen) atoms. The molecule has 5 heteroatoms. The average molecular weight is 261 g/mol. The molecule has 0 bridgehead atoms. The number of carbonyl (C=O) groups is 1. The second-order valence-electron chi connectivity index (χ2n) is 4.75. The van der Waals surface area contributed by atoms with Crippen molar-refractivity contribution in [3.05, 3.63) is 17.3 Å². The lowest BCUT2D eigenvalue weighted by molar-refractivity contribution is -0.111. The van der Waals surface area contributed by atoms with Gasteiger partial charge in [-0.2, -0.15) is 0 Å². The lowest BCUT2D eigenvalue weighted by atomic mass is 9.99. The molecule has 0 amide bonds. The highest BCUT2D eigenvalue weighted by molar-refractivity contribution is 7.18. The number of rotatable bonds is 2. The third kappa shape index (κ3) is 1.88. The van der Waals surface area contributed by atoms with Crippen LogP contribution in [0.1, 0.15) is 18.4 Å². The zero-order valence-electron chi connectivity index (χ0n) is 10.3. The summed E-state index contributed by atoms with van der Waals surface area (Å²) in [5.41, 5.74) is 2.27. The van der Waals surface area contributed by atoms with Crippen LogP contribution in [0, 0.1) is 12.8 Å². The Morgan fingerprint density at radius 3 is 2.89 bits per heavy atom. The Balaban J connectivity index is 1.93. The van der Waals surface area contributed by atoms with E-state index in [2.05, 4.69) is 27.2 Å². The molecule has 0 unspecified atom stereocenters. The van der Waals surface area contributed by atoms with E-state index in [1.807, 2.05) is 0 Å². The Bertz CT molecular complexity index is 573. The van der Waals surface area contributed by atoms with Gasteiger partial charge in [-0.15, -0.1) is 11.3 Å². The lowest BCUT2D eigenvalue weighted by Gasteiger charge is -2.30. The zero-order valence-corrected chi connectivity index (χ0v) is 11.1. The maximum atomic E-state index is 10.8. The van der Waals surface area contributed by atoms with Gasteiger partial charge in [0.25, 0.3) is 0 Å². The number of hydrogen-bond acceptors (Lipinski definition) is 5. The van der Waals surface area contributed by atoms with Gasteiger partial charge < -0.3 is 9.69 Å². The normalized spacial score (nSPS) is 17.3. The molecule has 0 aliphatic carbocycles. The third-order valence-electron chi connectivity index (χ3n) is 3.54. The van der Waals surface area contributed by atoms with E-state index in [0.717, 1.165) is 43.6 Å². The Hall–Kier alpha value is -1.49. The Morgan fingerprint density at radius 1 is 1.39 bits per heavy atom. The molecule has 1 aliphatic heterocycles. The van der Waals surface area contributed by atoms with Crippen molar-refractivity contribution in [1.82, 2.24) is 9.97 Å². The largest absolute Gasteiger partial charge is 0.355 e. The van der Waals surface area contributed by atoms with E-state index in [-0.39, 0.29) is 5.92 Å². The van der Waals surface area contributed by atoms with Gasteiger partial charge in [-0.05, 0) is 30.7 Å². The first-order valence-corrected chi connectivity index (χ1v) is 7.06. The van der Waals surface area contributed by atoms with Crippen molar-refractivity contribution in [1.29, 1.82) is 0 Å². The fourth-order valence-electron chi connectivity index (χ4n) is 2.43. The first-order valence-electron chi connectivity index (χ1n) is 6.18. The van der Waals surface area contributed by atoms with E-state index in [4.69, 9.17) is 0 Å². The van der Waals surface area contributed by atoms with Gasteiger partial charge in [0, 0.05) is 19.0 Å². The van der Waals surface area contributed by atoms with Gasteiger partial charge in [0.15, 0.2) is 0 Å². The van der Waals surface area contributed by atoms with Crippen LogP contribution in [-0.2, 0) is 4.79 Å². The number of aldehydes is 1. The topological polar surface area (TPSA) is 46.1 Å².